The number of aliphatic hydroxyl groups excluding tert-OH is 4. The molecule has 0 amide bonds. The van der Waals surface area contributed by atoms with E-state index in [9.17, 15) is 0 Å². The van der Waals surface area contributed by atoms with E-state index in [0.29, 0.717) is 0 Å². The number of hydrogen-bond acceptors (Lipinski definition) is 8. The molecule has 4 radical (unpaired) electrons. The van der Waals surface area contributed by atoms with Gasteiger partial charge in [-0.05, 0) is 186 Å². The average molecular weight is 2580 g/mol. The number of hydrogen-bond donors (Lipinski definition) is 4. The van der Waals surface area contributed by atoms with E-state index in [4.69, 9.17) is 44.6 Å². The third kappa shape index (κ3) is 30.3. The summed E-state index contributed by atoms with van der Waals surface area (Å²) in [6.07, 6.45) is 12.7. The molecule has 0 aliphatic heterocycles. The van der Waals surface area contributed by atoms with Crippen molar-refractivity contribution in [1.82, 2.24) is 19.9 Å². The zero-order chi connectivity index (χ0) is 97.9. The van der Waals surface area contributed by atoms with E-state index in [2.05, 4.69) is 389 Å². The van der Waals surface area contributed by atoms with Crippen molar-refractivity contribution < 1.29 is 120 Å². The van der Waals surface area contributed by atoms with E-state index in [1.54, 1.807) is 0 Å². The Labute approximate surface area is 885 Å². The summed E-state index contributed by atoms with van der Waals surface area (Å²) in [7, 11) is 0. The second kappa shape index (κ2) is 53.3. The van der Waals surface area contributed by atoms with Crippen molar-refractivity contribution in [3.8, 4) is 89.5 Å². The molecule has 0 saturated carbocycles. The van der Waals surface area contributed by atoms with Crippen LogP contribution in [0.5, 0.6) is 0 Å². The summed E-state index contributed by atoms with van der Waals surface area (Å²) < 4.78 is 0. The number of pyridine rings is 4. The number of nitrogens with zero attached hydrogens (tertiary/aromatic N) is 4. The molecular weight excluding hydrogens is 2470 g/mol. The topological polar surface area (TPSA) is 218 Å². The fourth-order valence-electron chi connectivity index (χ4n) is 16.2. The third-order valence-electron chi connectivity index (χ3n) is 22.5. The number of allylic oxidation sites excluding steroid dienone is 8. The van der Waals surface area contributed by atoms with E-state index in [1.165, 1.54) is 211 Å². The summed E-state index contributed by atoms with van der Waals surface area (Å²) in [6, 6.07) is 135. The number of carbonyl (C=O) groups excluding carboxylic acids is 4. The van der Waals surface area contributed by atoms with Gasteiger partial charge in [0, 0.05) is 105 Å². The number of rotatable bonds is 12. The molecule has 16 aromatic carbocycles. The monoisotopic (exact) mass is 2580 g/mol. The van der Waals surface area contributed by atoms with Crippen LogP contribution in [-0.4, -0.2) is 82.7 Å². The van der Waals surface area contributed by atoms with Gasteiger partial charge < -0.3 is 40.4 Å². The molecule has 20 rings (SSSR count). The van der Waals surface area contributed by atoms with E-state index < -0.39 is 0 Å². The van der Waals surface area contributed by atoms with Crippen LogP contribution in [0.3, 0.4) is 0 Å². The molecule has 12 nitrogen and oxygen atoms in total. The molecule has 0 unspecified atom stereocenters. The number of benzene rings is 16. The van der Waals surface area contributed by atoms with E-state index in [1.807, 2.05) is 55.1 Å². The van der Waals surface area contributed by atoms with Gasteiger partial charge in [0.15, 0.2) is 0 Å². The van der Waals surface area contributed by atoms with Crippen LogP contribution < -0.4 is 0 Å². The Morgan fingerprint density at radius 2 is 0.486 bits per heavy atom. The van der Waals surface area contributed by atoms with E-state index >= 15 is 0 Å². The van der Waals surface area contributed by atoms with Crippen LogP contribution in [-0.2, 0) is 85.8 Å². The summed E-state index contributed by atoms with van der Waals surface area (Å²) in [5.74, 6) is 1.00. The number of aromatic nitrogens is 4. The molecule has 16 heteroatoms. The molecule has 720 valence electrons. The van der Waals surface area contributed by atoms with Crippen LogP contribution in [0.2, 0.25) is 0 Å². The zero-order valence-electron chi connectivity index (χ0n) is 81.2. The van der Waals surface area contributed by atoms with Crippen molar-refractivity contribution in [2.45, 2.75) is 95.4 Å². The molecule has 4 aromatic heterocycles. The van der Waals surface area contributed by atoms with Gasteiger partial charge in [-0.1, -0.05) is 325 Å². The van der Waals surface area contributed by atoms with Crippen LogP contribution in [0.4, 0.5) is 0 Å². The number of fused-ring (bicyclic) bond motifs is 12. The summed E-state index contributed by atoms with van der Waals surface area (Å²) in [5.41, 5.74) is 21.5. The molecule has 4 heterocycles. The summed E-state index contributed by atoms with van der Waals surface area (Å²) in [6.45, 7) is 23.0. The van der Waals surface area contributed by atoms with E-state index in [0.717, 1.165) is 61.2 Å². The standard InChI is InChI=1S/C29H24N.2C26H18N.C25H16N.4C5H8O2.4Ir/c1-29(2,3)24-14-16-25-23(19-24)13-15-27-26(25)17-18-30-28(27)22-11-9-21(10-12-22)20-7-5-4-6-8-20;1-18-7-13-23-22(17-18)12-14-25-24(23)15-16-27-26(25)21-10-8-20(9-11-21)19-5-3-2-4-6-19;1-18-7-8-21-13-14-24-23(25(21)17-18)15-16-27-26(24)22-11-9-20(10-12-22)19-5-3-2-4-6-19;1-2-6-18(7-3-1)19-10-12-21(13-11-19)25-24-15-14-20-8-4-5-9-22(20)23(24)16-17-26-25;4*1-4(6)3-5(2)7;;;;/h4-11,13-19H,1-3H3;2-10,12-17H,1H3;2-11,13-17H,1H3;1-12,14-17H;4*3,6H,1-2H3;;;;/q4*-1;;;;;;;;/p+4. The smallest absolute Gasteiger partial charge is 0.316 e. The Balaban J connectivity index is 0.000000192. The second-order valence-electron chi connectivity index (χ2n) is 34.8. The maximum atomic E-state index is 8.40. The largest absolute Gasteiger partial charge is 0.512 e. The maximum Gasteiger partial charge on any atom is 0.316 e. The Morgan fingerprint density at radius 3 is 0.775 bits per heavy atom. The third-order valence-corrected chi connectivity index (χ3v) is 22.5. The number of aryl methyl sites for hydroxylation is 2. The summed E-state index contributed by atoms with van der Waals surface area (Å²) in [4.78, 5) is 52.3. The molecule has 0 spiro atoms. The molecule has 0 bridgehead atoms. The van der Waals surface area contributed by atoms with Crippen molar-refractivity contribution in [3.05, 3.63) is 459 Å². The van der Waals surface area contributed by atoms with Gasteiger partial charge in [0.05, 0.1) is 75.0 Å². The first kappa shape index (κ1) is 111. The van der Waals surface area contributed by atoms with Crippen molar-refractivity contribution in [1.29, 1.82) is 0 Å². The first-order chi connectivity index (χ1) is 66.5. The van der Waals surface area contributed by atoms with Crippen molar-refractivity contribution in [2.75, 3.05) is 0 Å². The fraction of sp³-hybridized carbons (Fsp3) is 0.111. The summed E-state index contributed by atoms with van der Waals surface area (Å²) >= 11 is 0. The Bertz CT molecular complexity index is 7740. The van der Waals surface area contributed by atoms with Crippen LogP contribution >= 0.6 is 0 Å². The van der Waals surface area contributed by atoms with Gasteiger partial charge in [0.25, 0.3) is 0 Å². The van der Waals surface area contributed by atoms with Crippen molar-refractivity contribution in [2.24, 2.45) is 0 Å². The Hall–Kier alpha value is -14.4. The molecule has 142 heavy (non-hydrogen) atoms. The predicted octanol–water partition coefficient (Wildman–Crippen LogP) is 32.0. The van der Waals surface area contributed by atoms with Gasteiger partial charge in [-0.3, -0.25) is 19.2 Å². The molecule has 8 N–H and O–H groups in total. The van der Waals surface area contributed by atoms with Crippen LogP contribution in [0, 0.1) is 38.1 Å². The molecule has 0 saturated heterocycles. The van der Waals surface area contributed by atoms with Crippen LogP contribution in [0.25, 0.3) is 176 Å². The van der Waals surface area contributed by atoms with E-state index in [-0.39, 0.29) is 132 Å². The molecule has 20 aromatic rings. The van der Waals surface area contributed by atoms with Crippen LogP contribution in [0.1, 0.15) is 92.9 Å². The maximum absolute atomic E-state index is 8.40. The van der Waals surface area contributed by atoms with Gasteiger partial charge in [-0.15, -0.1) is 119 Å². The van der Waals surface area contributed by atoms with Crippen molar-refractivity contribution in [3.63, 3.8) is 0 Å². The van der Waals surface area contributed by atoms with Crippen LogP contribution in [0.15, 0.2) is 418 Å². The minimum atomic E-state index is 0. The Kier molecular flexibility index (Phi) is 41.8. The molecule has 0 aliphatic carbocycles. The minimum absolute atomic E-state index is 0. The van der Waals surface area contributed by atoms with Gasteiger partial charge in [0.2, 0.25) is 0 Å². The number of aliphatic hydroxyl groups is 4. The molecule has 0 fully saturated rings. The molecular formula is C126H112Ir4N4O8. The quantitative estimate of drug-likeness (QED) is 0.0302. The fourth-order valence-corrected chi connectivity index (χ4v) is 16.2. The average Bonchev–Trinajstić information content (AvgIpc) is 0.772. The zero-order valence-corrected chi connectivity index (χ0v) is 90.8. The van der Waals surface area contributed by atoms with Gasteiger partial charge in [-0.2, -0.15) is 0 Å². The molecule has 0 aliphatic rings. The minimum Gasteiger partial charge on any atom is -0.512 e. The Morgan fingerprint density at radius 1 is 0.239 bits per heavy atom. The van der Waals surface area contributed by atoms with Gasteiger partial charge in [0.1, 0.15) is 0 Å². The second-order valence-corrected chi connectivity index (χ2v) is 34.8. The SMILES string of the molecule is CC(=[OH+])C=C(C)O.CC(=[OH+])C=C(C)O.CC(=[OH+])C=C(C)O.CC(=[OH+])C=C(C)O.CC(C)(C)c1ccc2c(ccc3c(-c4[c-]cc(-c5ccccc5)cc4)nccc32)c1.Cc1ccc2c(ccc3c(-c4[c-]cc(-c5ccccc5)cc4)nccc32)c1.Cc1ccc2ccc3c(-c4[c-]cc(-c5ccccc5)cc4)nccc3c2c1.[Ir].[Ir].[Ir].[Ir].[c-]1cc(-c2ccccc2)ccc1-c1nccc2c1ccc1ccccc12. The van der Waals surface area contributed by atoms with Gasteiger partial charge in [-0.25, -0.2) is 0 Å². The predicted molar refractivity (Wildman–Crippen MR) is 580 cm³/mol. The summed E-state index contributed by atoms with van der Waals surface area (Å²) in [5, 5.41) is 53.3. The molecule has 0 atom stereocenters. The first-order valence-corrected chi connectivity index (χ1v) is 45.5. The first-order valence-electron chi connectivity index (χ1n) is 45.5. The normalized spacial score (nSPS) is 11.0. The van der Waals surface area contributed by atoms with Crippen molar-refractivity contribution >= 4 is 109 Å². The number of ketones is 4. The van der Waals surface area contributed by atoms with Gasteiger partial charge >= 0.3 is 23.1 Å².